The third-order valence-electron chi connectivity index (χ3n) is 2.60. The lowest BCUT2D eigenvalue weighted by molar-refractivity contribution is 0.0955. The molecule has 2 aromatic carbocycles. The molecule has 0 saturated carbocycles. The van der Waals surface area contributed by atoms with Crippen molar-refractivity contribution in [2.24, 2.45) is 5.10 Å². The van der Waals surface area contributed by atoms with Crippen LogP contribution < -0.4 is 5.43 Å². The van der Waals surface area contributed by atoms with Crippen molar-refractivity contribution in [3.8, 4) is 0 Å². The number of hydrogen-bond acceptors (Lipinski definition) is 2. The lowest BCUT2D eigenvalue weighted by Crippen LogP contribution is -2.19. The van der Waals surface area contributed by atoms with E-state index in [1.165, 1.54) is 0 Å². The van der Waals surface area contributed by atoms with E-state index in [9.17, 15) is 4.79 Å². The van der Waals surface area contributed by atoms with E-state index in [1.54, 1.807) is 12.1 Å². The number of carbonyl (C=O) groups is 1. The number of rotatable bonds is 3. The lowest BCUT2D eigenvalue weighted by Gasteiger charge is -2.03. The molecule has 3 nitrogen and oxygen atoms in total. The Hall–Kier alpha value is -1.94. The molecule has 0 radical (unpaired) electrons. The van der Waals surface area contributed by atoms with E-state index in [4.69, 9.17) is 0 Å². The zero-order valence-electron chi connectivity index (χ0n) is 10.4. The molecule has 2 rings (SSSR count). The Balaban J connectivity index is 2.08. The van der Waals surface area contributed by atoms with Crippen LogP contribution in [0.1, 0.15) is 22.8 Å². The van der Waals surface area contributed by atoms with Crippen molar-refractivity contribution in [2.45, 2.75) is 6.92 Å². The molecule has 0 heterocycles. The van der Waals surface area contributed by atoms with Crippen LogP contribution in [0.5, 0.6) is 0 Å². The van der Waals surface area contributed by atoms with E-state index in [0.29, 0.717) is 5.56 Å². The van der Waals surface area contributed by atoms with Crippen molar-refractivity contribution < 1.29 is 4.79 Å². The SMILES string of the molecule is CC(=NNC(=O)c1cccc(Br)c1)c1ccccc1. The Morgan fingerprint density at radius 3 is 2.42 bits per heavy atom. The maximum atomic E-state index is 11.9. The third-order valence-corrected chi connectivity index (χ3v) is 3.10. The molecule has 0 aromatic heterocycles. The quantitative estimate of drug-likeness (QED) is 0.682. The Bertz CT molecular complexity index is 609. The van der Waals surface area contributed by atoms with Crippen molar-refractivity contribution in [1.82, 2.24) is 5.43 Å². The van der Waals surface area contributed by atoms with Gasteiger partial charge in [0.2, 0.25) is 0 Å². The minimum Gasteiger partial charge on any atom is -0.267 e. The molecule has 1 N–H and O–H groups in total. The number of nitrogens with one attached hydrogen (secondary N) is 1. The fourth-order valence-electron chi connectivity index (χ4n) is 1.57. The van der Waals surface area contributed by atoms with Crippen molar-refractivity contribution in [1.29, 1.82) is 0 Å². The van der Waals surface area contributed by atoms with Crippen molar-refractivity contribution in [2.75, 3.05) is 0 Å². The smallest absolute Gasteiger partial charge is 0.267 e. The average molecular weight is 317 g/mol. The number of hydrogen-bond donors (Lipinski definition) is 1. The van der Waals surface area contributed by atoms with Crippen LogP contribution in [0.2, 0.25) is 0 Å². The Morgan fingerprint density at radius 2 is 1.74 bits per heavy atom. The van der Waals surface area contributed by atoms with Gasteiger partial charge in [0, 0.05) is 10.0 Å². The van der Waals surface area contributed by atoms with Gasteiger partial charge in [0.05, 0.1) is 5.71 Å². The summed E-state index contributed by atoms with van der Waals surface area (Å²) in [5.74, 6) is -0.225. The van der Waals surface area contributed by atoms with Gasteiger partial charge in [-0.15, -0.1) is 0 Å². The summed E-state index contributed by atoms with van der Waals surface area (Å²) in [4.78, 5) is 11.9. The van der Waals surface area contributed by atoms with Crippen molar-refractivity contribution in [3.05, 3.63) is 70.2 Å². The van der Waals surface area contributed by atoms with Gasteiger partial charge in [-0.25, -0.2) is 5.43 Å². The molecular formula is C15H13BrN2O. The van der Waals surface area contributed by atoms with E-state index < -0.39 is 0 Å². The fourth-order valence-corrected chi connectivity index (χ4v) is 1.97. The van der Waals surface area contributed by atoms with E-state index in [-0.39, 0.29) is 5.91 Å². The van der Waals surface area contributed by atoms with Gasteiger partial charge in [-0.05, 0) is 30.7 Å². The van der Waals surface area contributed by atoms with Gasteiger partial charge in [0.15, 0.2) is 0 Å². The van der Waals surface area contributed by atoms with Crippen LogP contribution in [-0.4, -0.2) is 11.6 Å². The minimum absolute atomic E-state index is 0.225. The summed E-state index contributed by atoms with van der Waals surface area (Å²) in [6.45, 7) is 1.86. The predicted octanol–water partition coefficient (Wildman–Crippen LogP) is 3.60. The molecule has 1 amide bonds. The second-order valence-electron chi connectivity index (χ2n) is 4.01. The summed E-state index contributed by atoms with van der Waals surface area (Å²) in [5, 5.41) is 4.10. The molecule has 0 unspecified atom stereocenters. The number of hydrazone groups is 1. The highest BCUT2D eigenvalue weighted by atomic mass is 79.9. The van der Waals surface area contributed by atoms with E-state index in [1.807, 2.05) is 49.4 Å². The molecule has 0 bridgehead atoms. The van der Waals surface area contributed by atoms with Crippen LogP contribution in [0.15, 0.2) is 64.2 Å². The first kappa shape index (κ1) is 13.5. The maximum Gasteiger partial charge on any atom is 0.271 e. The Labute approximate surface area is 120 Å². The largest absolute Gasteiger partial charge is 0.271 e. The average Bonchev–Trinajstić information content (AvgIpc) is 2.45. The van der Waals surface area contributed by atoms with Crippen LogP contribution in [0.25, 0.3) is 0 Å². The predicted molar refractivity (Wildman–Crippen MR) is 80.3 cm³/mol. The summed E-state index contributed by atoms with van der Waals surface area (Å²) in [7, 11) is 0. The van der Waals surface area contributed by atoms with E-state index >= 15 is 0 Å². The van der Waals surface area contributed by atoms with E-state index in [0.717, 1.165) is 15.7 Å². The summed E-state index contributed by atoms with van der Waals surface area (Å²) in [5.41, 5.74) is 4.87. The standard InChI is InChI=1S/C15H13BrN2O/c1-11(12-6-3-2-4-7-12)17-18-15(19)13-8-5-9-14(16)10-13/h2-10H,1H3,(H,18,19). The normalized spacial score (nSPS) is 11.2. The number of amides is 1. The van der Waals surface area contributed by atoms with Crippen molar-refractivity contribution in [3.63, 3.8) is 0 Å². The van der Waals surface area contributed by atoms with Gasteiger partial charge in [-0.1, -0.05) is 52.3 Å². The number of halogens is 1. The Morgan fingerprint density at radius 1 is 1.05 bits per heavy atom. The van der Waals surface area contributed by atoms with Gasteiger partial charge < -0.3 is 0 Å². The molecule has 0 aliphatic heterocycles. The minimum atomic E-state index is -0.225. The zero-order chi connectivity index (χ0) is 13.7. The molecule has 0 aliphatic rings. The monoisotopic (exact) mass is 316 g/mol. The highest BCUT2D eigenvalue weighted by molar-refractivity contribution is 9.10. The second-order valence-corrected chi connectivity index (χ2v) is 4.93. The maximum absolute atomic E-state index is 11.9. The molecule has 0 fully saturated rings. The fraction of sp³-hybridized carbons (Fsp3) is 0.0667. The topological polar surface area (TPSA) is 41.5 Å². The van der Waals surface area contributed by atoms with Crippen LogP contribution in [0, 0.1) is 0 Å². The van der Waals surface area contributed by atoms with Crippen LogP contribution in [0.4, 0.5) is 0 Å². The summed E-state index contributed by atoms with van der Waals surface area (Å²) in [6.07, 6.45) is 0. The van der Waals surface area contributed by atoms with Crippen molar-refractivity contribution >= 4 is 27.5 Å². The Kier molecular flexibility index (Phi) is 4.47. The van der Waals surface area contributed by atoms with Gasteiger partial charge in [-0.2, -0.15) is 5.10 Å². The van der Waals surface area contributed by atoms with Gasteiger partial charge >= 0.3 is 0 Å². The summed E-state index contributed by atoms with van der Waals surface area (Å²) in [6, 6.07) is 16.9. The summed E-state index contributed by atoms with van der Waals surface area (Å²) < 4.78 is 0.865. The highest BCUT2D eigenvalue weighted by Crippen LogP contribution is 2.11. The number of carbonyl (C=O) groups excluding carboxylic acids is 1. The van der Waals surface area contributed by atoms with Crippen LogP contribution in [0.3, 0.4) is 0 Å². The highest BCUT2D eigenvalue weighted by Gasteiger charge is 2.04. The molecule has 0 spiro atoms. The number of benzene rings is 2. The molecule has 0 saturated heterocycles. The van der Waals surface area contributed by atoms with Gasteiger partial charge in [-0.3, -0.25) is 4.79 Å². The molecule has 0 aliphatic carbocycles. The molecule has 2 aromatic rings. The molecule has 4 heteroatoms. The molecule has 0 atom stereocenters. The first-order valence-electron chi connectivity index (χ1n) is 5.82. The van der Waals surface area contributed by atoms with Crippen LogP contribution >= 0.6 is 15.9 Å². The molecular weight excluding hydrogens is 304 g/mol. The third kappa shape index (κ3) is 3.76. The first-order chi connectivity index (χ1) is 9.16. The van der Waals surface area contributed by atoms with Crippen LogP contribution in [-0.2, 0) is 0 Å². The van der Waals surface area contributed by atoms with E-state index in [2.05, 4.69) is 26.5 Å². The van der Waals surface area contributed by atoms with Gasteiger partial charge in [0.25, 0.3) is 5.91 Å². The molecule has 19 heavy (non-hydrogen) atoms. The second kappa shape index (κ2) is 6.29. The zero-order valence-corrected chi connectivity index (χ0v) is 12.0. The summed E-state index contributed by atoms with van der Waals surface area (Å²) >= 11 is 3.33. The number of nitrogens with zero attached hydrogens (tertiary/aromatic N) is 1. The van der Waals surface area contributed by atoms with Gasteiger partial charge in [0.1, 0.15) is 0 Å². The molecule has 96 valence electrons. The first-order valence-corrected chi connectivity index (χ1v) is 6.62. The lowest BCUT2D eigenvalue weighted by atomic mass is 10.1.